The van der Waals surface area contributed by atoms with Gasteiger partial charge in [-0.1, -0.05) is 38.2 Å². The Morgan fingerprint density at radius 2 is 1.94 bits per heavy atom. The summed E-state index contributed by atoms with van der Waals surface area (Å²) in [5.41, 5.74) is 2.50. The van der Waals surface area contributed by atoms with E-state index >= 15 is 0 Å². The molecule has 1 aliphatic carbocycles. The van der Waals surface area contributed by atoms with E-state index in [1.54, 1.807) is 0 Å². The molecule has 3 fully saturated rings. The number of hydrogen-bond donors (Lipinski definition) is 1. The first-order valence-corrected chi connectivity index (χ1v) is 12.7. The molecule has 0 radical (unpaired) electrons. The number of carbonyl (C=O) groups is 2. The minimum atomic E-state index is -0.327. The van der Waals surface area contributed by atoms with Crippen molar-refractivity contribution in [2.24, 2.45) is 18.9 Å². The molecule has 2 aromatic rings. The fourth-order valence-corrected chi connectivity index (χ4v) is 6.18. The van der Waals surface area contributed by atoms with Gasteiger partial charge in [0.25, 0.3) is 0 Å². The van der Waals surface area contributed by atoms with Crippen molar-refractivity contribution in [1.29, 1.82) is 0 Å². The monoisotopic (exact) mass is 452 g/mol. The van der Waals surface area contributed by atoms with Crippen LogP contribution < -0.4 is 5.32 Å². The Balaban J connectivity index is 1.26. The maximum absolute atomic E-state index is 13.2. The van der Waals surface area contributed by atoms with E-state index in [9.17, 15) is 9.59 Å². The van der Waals surface area contributed by atoms with Gasteiger partial charge in [-0.25, -0.2) is 4.79 Å². The number of ether oxygens (including phenoxy) is 2. The summed E-state index contributed by atoms with van der Waals surface area (Å²) in [7, 11) is 1.88. The number of nitrogens with one attached hydrogen (secondary N) is 1. The van der Waals surface area contributed by atoms with Crippen LogP contribution in [0.1, 0.15) is 67.4 Å². The van der Waals surface area contributed by atoms with Crippen LogP contribution in [0.4, 0.5) is 0 Å². The second-order valence-corrected chi connectivity index (χ2v) is 10.1. The number of carbonyl (C=O) groups excluding carboxylic acids is 2. The molecule has 3 heterocycles. The van der Waals surface area contributed by atoms with E-state index < -0.39 is 0 Å². The molecular weight excluding hydrogens is 416 g/mol. The molecule has 1 N–H and O–H groups in total. The summed E-state index contributed by atoms with van der Waals surface area (Å²) in [6, 6.07) is 7.94. The first-order valence-electron chi connectivity index (χ1n) is 12.7. The Morgan fingerprint density at radius 1 is 1.09 bits per heavy atom. The predicted molar refractivity (Wildman–Crippen MR) is 127 cm³/mol. The highest BCUT2D eigenvalue weighted by atomic mass is 16.6. The predicted octanol–water partition coefficient (Wildman–Crippen LogP) is 4.18. The van der Waals surface area contributed by atoms with Gasteiger partial charge >= 0.3 is 5.97 Å². The molecule has 6 nitrogen and oxygen atoms in total. The van der Waals surface area contributed by atoms with Crippen LogP contribution in [0.25, 0.3) is 10.9 Å². The Bertz CT molecular complexity index is 1000. The fraction of sp³-hybridized carbons (Fsp3) is 0.630. The Hall–Kier alpha value is -2.18. The highest BCUT2D eigenvalue weighted by molar-refractivity contribution is 5.96. The highest BCUT2D eigenvalue weighted by Crippen LogP contribution is 2.36. The van der Waals surface area contributed by atoms with Gasteiger partial charge in [0.05, 0.1) is 12.1 Å². The summed E-state index contributed by atoms with van der Waals surface area (Å²) < 4.78 is 12.9. The third-order valence-electron chi connectivity index (χ3n) is 7.99. The molecule has 3 aliphatic rings. The summed E-state index contributed by atoms with van der Waals surface area (Å²) in [6.07, 6.45) is 10.1. The van der Waals surface area contributed by atoms with E-state index in [1.165, 1.54) is 32.1 Å². The molecule has 6 heteroatoms. The quantitative estimate of drug-likeness (QED) is 0.638. The van der Waals surface area contributed by atoms with Gasteiger partial charge < -0.3 is 19.4 Å². The Labute approximate surface area is 196 Å². The van der Waals surface area contributed by atoms with Crippen molar-refractivity contribution in [3.05, 3.63) is 35.5 Å². The molecule has 3 atom stereocenters. The zero-order valence-corrected chi connectivity index (χ0v) is 19.7. The van der Waals surface area contributed by atoms with Crippen LogP contribution in [0.2, 0.25) is 0 Å². The lowest BCUT2D eigenvalue weighted by atomic mass is 9.75. The van der Waals surface area contributed by atoms with Crippen LogP contribution in [0.15, 0.2) is 24.3 Å². The molecule has 0 bridgehead atoms. The van der Waals surface area contributed by atoms with Crippen molar-refractivity contribution in [3.8, 4) is 0 Å². The summed E-state index contributed by atoms with van der Waals surface area (Å²) in [5.74, 6) is 1.16. The summed E-state index contributed by atoms with van der Waals surface area (Å²) >= 11 is 0. The third kappa shape index (κ3) is 4.87. The first kappa shape index (κ1) is 22.6. The van der Waals surface area contributed by atoms with Crippen molar-refractivity contribution in [2.75, 3.05) is 19.8 Å². The molecule has 178 valence electrons. The number of ketones is 1. The number of fused-ring (bicyclic) bond motifs is 1. The number of rotatable bonds is 7. The average Bonchev–Trinajstić information content (AvgIpc) is 3.59. The van der Waals surface area contributed by atoms with Gasteiger partial charge in [0, 0.05) is 31.0 Å². The molecule has 1 saturated carbocycles. The van der Waals surface area contributed by atoms with Gasteiger partial charge in [0.1, 0.15) is 12.3 Å². The first-order chi connectivity index (χ1) is 16.1. The SMILES string of the molecule is Cn1c(C(=O)OC[C@@H]2CCCO2)cc2cc(CC(=O)[C@H]3NCC[C@H]3C3CCCCC3)ccc21. The van der Waals surface area contributed by atoms with Crippen molar-refractivity contribution in [2.45, 2.75) is 69.9 Å². The van der Waals surface area contributed by atoms with Crippen LogP contribution >= 0.6 is 0 Å². The number of aryl methyl sites for hydroxylation is 1. The van der Waals surface area contributed by atoms with Crippen LogP contribution in [0.3, 0.4) is 0 Å². The van der Waals surface area contributed by atoms with E-state index in [2.05, 4.69) is 11.4 Å². The minimum Gasteiger partial charge on any atom is -0.458 e. The normalized spacial score (nSPS) is 26.2. The zero-order chi connectivity index (χ0) is 22.8. The fourth-order valence-electron chi connectivity index (χ4n) is 6.18. The van der Waals surface area contributed by atoms with Crippen LogP contribution in [0, 0.1) is 11.8 Å². The van der Waals surface area contributed by atoms with Crippen molar-refractivity contribution in [1.82, 2.24) is 9.88 Å². The number of aromatic nitrogens is 1. The number of Topliss-reactive ketones (excluding diaryl/α,β-unsaturated/α-hetero) is 1. The molecular formula is C27H36N2O4. The summed E-state index contributed by atoms with van der Waals surface area (Å²) in [6.45, 7) is 2.00. The number of hydrogen-bond acceptors (Lipinski definition) is 5. The van der Waals surface area contributed by atoms with Crippen LogP contribution in [-0.4, -0.2) is 48.2 Å². The smallest absolute Gasteiger partial charge is 0.355 e. The lowest BCUT2D eigenvalue weighted by Crippen LogP contribution is -2.40. The van der Waals surface area contributed by atoms with E-state index in [4.69, 9.17) is 9.47 Å². The summed E-state index contributed by atoms with van der Waals surface area (Å²) in [4.78, 5) is 25.9. The van der Waals surface area contributed by atoms with Crippen LogP contribution in [0.5, 0.6) is 0 Å². The van der Waals surface area contributed by atoms with E-state index in [0.717, 1.165) is 48.9 Å². The molecule has 0 spiro atoms. The van der Waals surface area contributed by atoms with Gasteiger partial charge in [-0.2, -0.15) is 0 Å². The largest absolute Gasteiger partial charge is 0.458 e. The van der Waals surface area contributed by atoms with Crippen molar-refractivity contribution >= 4 is 22.7 Å². The molecule has 0 unspecified atom stereocenters. The molecule has 1 aromatic heterocycles. The average molecular weight is 453 g/mol. The van der Waals surface area contributed by atoms with Gasteiger partial charge in [0.2, 0.25) is 0 Å². The van der Waals surface area contributed by atoms with Gasteiger partial charge in [-0.3, -0.25) is 4.79 Å². The number of nitrogens with zero attached hydrogens (tertiary/aromatic N) is 1. The van der Waals surface area contributed by atoms with Crippen molar-refractivity contribution in [3.63, 3.8) is 0 Å². The van der Waals surface area contributed by atoms with E-state index in [0.29, 0.717) is 36.3 Å². The maximum atomic E-state index is 13.2. The molecule has 0 amide bonds. The van der Waals surface area contributed by atoms with E-state index in [-0.39, 0.29) is 18.1 Å². The van der Waals surface area contributed by atoms with Crippen molar-refractivity contribution < 1.29 is 19.1 Å². The Kier molecular flexibility index (Phi) is 6.84. The minimum absolute atomic E-state index is 0.0112. The number of esters is 1. The van der Waals surface area contributed by atoms with Crippen LogP contribution in [-0.2, 0) is 27.7 Å². The molecule has 5 rings (SSSR count). The number of benzene rings is 1. The molecule has 2 saturated heterocycles. The Morgan fingerprint density at radius 3 is 2.73 bits per heavy atom. The second-order valence-electron chi connectivity index (χ2n) is 10.1. The molecule has 33 heavy (non-hydrogen) atoms. The van der Waals surface area contributed by atoms with Gasteiger partial charge in [-0.05, 0) is 61.4 Å². The maximum Gasteiger partial charge on any atom is 0.355 e. The van der Waals surface area contributed by atoms with Gasteiger partial charge in [0.15, 0.2) is 5.78 Å². The summed E-state index contributed by atoms with van der Waals surface area (Å²) in [5, 5.41) is 4.47. The van der Waals surface area contributed by atoms with E-state index in [1.807, 2.05) is 29.8 Å². The van der Waals surface area contributed by atoms with Gasteiger partial charge in [-0.15, -0.1) is 0 Å². The molecule has 2 aliphatic heterocycles. The molecule has 1 aromatic carbocycles. The standard InChI is InChI=1S/C27H36N2O4/c1-29-23-10-9-18(14-20(23)16-24(29)27(31)33-17-21-8-5-13-32-21)15-25(30)26-22(11-12-28-26)19-6-3-2-4-7-19/h9-10,14,16,19,21-22,26,28H,2-8,11-13,15,17H2,1H3/t21-,22-,26-/m0/s1. The lowest BCUT2D eigenvalue weighted by molar-refractivity contribution is -0.121. The third-order valence-corrected chi connectivity index (χ3v) is 7.99. The highest BCUT2D eigenvalue weighted by Gasteiger charge is 2.37. The lowest BCUT2D eigenvalue weighted by Gasteiger charge is -2.30. The topological polar surface area (TPSA) is 69.6 Å². The zero-order valence-electron chi connectivity index (χ0n) is 19.7. The second kappa shape index (κ2) is 9.98.